The third-order valence-electron chi connectivity index (χ3n) is 2.17. The number of halogens is 1. The lowest BCUT2D eigenvalue weighted by atomic mass is 10.2. The number of methoxy groups -OCH3 is 2. The number of benzene rings is 1. The Morgan fingerprint density at radius 3 is 2.44 bits per heavy atom. The van der Waals surface area contributed by atoms with E-state index in [2.05, 4.69) is 15.9 Å². The monoisotopic (exact) mass is 287 g/mol. The molecule has 0 aliphatic heterocycles. The normalized spacial score (nSPS) is 9.75. The lowest BCUT2D eigenvalue weighted by Crippen LogP contribution is -2.19. The van der Waals surface area contributed by atoms with Gasteiger partial charge in [0.2, 0.25) is 0 Å². The molecule has 0 unspecified atom stereocenters. The Labute approximate surface area is 103 Å². The molecule has 0 bridgehead atoms. The standard InChI is InChI=1S/C11H14BrNO3/c1-13(11(12)14)7-8-4-5-9(15-2)10(6-8)16-3/h4-6H,7H2,1-3H3. The van der Waals surface area contributed by atoms with Crippen LogP contribution in [0.5, 0.6) is 11.5 Å². The summed E-state index contributed by atoms with van der Waals surface area (Å²) in [6.07, 6.45) is 0. The molecule has 0 aliphatic rings. The predicted octanol–water partition coefficient (Wildman–Crippen LogP) is 2.65. The van der Waals surface area contributed by atoms with Gasteiger partial charge in [-0.15, -0.1) is 0 Å². The third kappa shape index (κ3) is 3.13. The van der Waals surface area contributed by atoms with Crippen molar-refractivity contribution in [3.8, 4) is 11.5 Å². The van der Waals surface area contributed by atoms with Crippen LogP contribution in [0.3, 0.4) is 0 Å². The Kier molecular flexibility index (Phi) is 4.61. The maximum atomic E-state index is 11.0. The molecule has 0 radical (unpaired) electrons. The molecule has 1 rings (SSSR count). The first-order valence-corrected chi connectivity index (χ1v) is 5.49. The molecule has 0 N–H and O–H groups in total. The molecule has 0 aliphatic carbocycles. The minimum atomic E-state index is -0.151. The molecule has 0 atom stereocenters. The summed E-state index contributed by atoms with van der Waals surface area (Å²) in [5.74, 6) is 1.34. The van der Waals surface area contributed by atoms with Gasteiger partial charge in [-0.1, -0.05) is 6.07 Å². The van der Waals surface area contributed by atoms with E-state index in [1.54, 1.807) is 26.2 Å². The minimum absolute atomic E-state index is 0.151. The zero-order valence-electron chi connectivity index (χ0n) is 9.49. The van der Waals surface area contributed by atoms with Crippen LogP contribution < -0.4 is 9.47 Å². The van der Waals surface area contributed by atoms with Crippen LogP contribution in [0.1, 0.15) is 5.56 Å². The van der Waals surface area contributed by atoms with Crippen LogP contribution in [0.2, 0.25) is 0 Å². The zero-order chi connectivity index (χ0) is 12.1. The van der Waals surface area contributed by atoms with E-state index in [1.807, 2.05) is 18.2 Å². The van der Waals surface area contributed by atoms with Gasteiger partial charge in [-0.2, -0.15) is 0 Å². The van der Waals surface area contributed by atoms with Gasteiger partial charge in [0.1, 0.15) is 0 Å². The van der Waals surface area contributed by atoms with Crippen LogP contribution >= 0.6 is 15.9 Å². The Balaban J connectivity index is 2.86. The number of ether oxygens (including phenoxy) is 2. The highest BCUT2D eigenvalue weighted by atomic mass is 79.9. The highest BCUT2D eigenvalue weighted by Gasteiger charge is 2.08. The summed E-state index contributed by atoms with van der Waals surface area (Å²) in [5.41, 5.74) is 0.980. The Bertz CT molecular complexity index is 381. The highest BCUT2D eigenvalue weighted by molar-refractivity contribution is 9.18. The molecular weight excluding hydrogens is 274 g/mol. The number of carbonyl (C=O) groups excluding carboxylic acids is 1. The summed E-state index contributed by atoms with van der Waals surface area (Å²) in [6.45, 7) is 0.518. The molecule has 5 heteroatoms. The van der Waals surface area contributed by atoms with Gasteiger partial charge < -0.3 is 14.4 Å². The van der Waals surface area contributed by atoms with Crippen LogP contribution in [0.4, 0.5) is 4.79 Å². The van der Waals surface area contributed by atoms with Gasteiger partial charge in [0.25, 0.3) is 4.82 Å². The van der Waals surface area contributed by atoms with Crippen molar-refractivity contribution in [2.24, 2.45) is 0 Å². The average Bonchev–Trinajstić information content (AvgIpc) is 2.28. The fraction of sp³-hybridized carbons (Fsp3) is 0.364. The zero-order valence-corrected chi connectivity index (χ0v) is 11.1. The smallest absolute Gasteiger partial charge is 0.289 e. The van der Waals surface area contributed by atoms with Gasteiger partial charge in [-0.05, 0) is 17.7 Å². The third-order valence-corrected chi connectivity index (χ3v) is 2.77. The van der Waals surface area contributed by atoms with Gasteiger partial charge >= 0.3 is 0 Å². The first-order valence-electron chi connectivity index (χ1n) is 4.70. The van der Waals surface area contributed by atoms with Crippen molar-refractivity contribution in [3.05, 3.63) is 23.8 Å². The van der Waals surface area contributed by atoms with Crippen LogP contribution in [0.25, 0.3) is 0 Å². The SMILES string of the molecule is COc1ccc(CN(C)C(=O)Br)cc1OC. The van der Waals surface area contributed by atoms with E-state index in [-0.39, 0.29) is 4.82 Å². The molecule has 1 amide bonds. The summed E-state index contributed by atoms with van der Waals surface area (Å²) in [7, 11) is 4.89. The van der Waals surface area contributed by atoms with E-state index in [9.17, 15) is 4.79 Å². The molecule has 0 aromatic heterocycles. The van der Waals surface area contributed by atoms with Crippen molar-refractivity contribution in [1.82, 2.24) is 4.90 Å². The molecule has 0 heterocycles. The fourth-order valence-corrected chi connectivity index (χ4v) is 1.44. The van der Waals surface area contributed by atoms with E-state index in [0.717, 1.165) is 5.56 Å². The van der Waals surface area contributed by atoms with Crippen molar-refractivity contribution < 1.29 is 14.3 Å². The van der Waals surface area contributed by atoms with Crippen LogP contribution in [-0.4, -0.2) is 31.0 Å². The highest BCUT2D eigenvalue weighted by Crippen LogP contribution is 2.27. The molecule has 88 valence electrons. The average molecular weight is 288 g/mol. The van der Waals surface area contributed by atoms with E-state index >= 15 is 0 Å². The summed E-state index contributed by atoms with van der Waals surface area (Å²) < 4.78 is 10.3. The van der Waals surface area contributed by atoms with E-state index in [1.165, 1.54) is 0 Å². The second-order valence-electron chi connectivity index (χ2n) is 3.30. The second kappa shape index (κ2) is 5.75. The molecule has 1 aromatic carbocycles. The second-order valence-corrected chi connectivity index (χ2v) is 3.98. The topological polar surface area (TPSA) is 38.8 Å². The Hall–Kier alpha value is -1.23. The number of hydrogen-bond donors (Lipinski definition) is 0. The first-order chi connectivity index (χ1) is 7.58. The maximum absolute atomic E-state index is 11.0. The number of hydrogen-bond acceptors (Lipinski definition) is 3. The number of nitrogens with zero attached hydrogens (tertiary/aromatic N) is 1. The molecule has 16 heavy (non-hydrogen) atoms. The van der Waals surface area contributed by atoms with Crippen molar-refractivity contribution in [2.75, 3.05) is 21.3 Å². The van der Waals surface area contributed by atoms with Crippen molar-refractivity contribution in [1.29, 1.82) is 0 Å². The largest absolute Gasteiger partial charge is 0.493 e. The van der Waals surface area contributed by atoms with Crippen molar-refractivity contribution >= 4 is 20.7 Å². The first kappa shape index (κ1) is 12.8. The lowest BCUT2D eigenvalue weighted by Gasteiger charge is -2.15. The summed E-state index contributed by atoms with van der Waals surface area (Å²) in [5, 5.41) is 0. The number of rotatable bonds is 4. The number of carbonyl (C=O) groups is 1. The van der Waals surface area contributed by atoms with E-state index in [0.29, 0.717) is 18.0 Å². The van der Waals surface area contributed by atoms with Crippen LogP contribution in [0.15, 0.2) is 18.2 Å². The van der Waals surface area contributed by atoms with Crippen molar-refractivity contribution in [2.45, 2.75) is 6.54 Å². The molecule has 0 saturated carbocycles. The quantitative estimate of drug-likeness (QED) is 0.631. The van der Waals surface area contributed by atoms with Gasteiger partial charge in [-0.3, -0.25) is 4.79 Å². The Morgan fingerprint density at radius 1 is 1.31 bits per heavy atom. The van der Waals surface area contributed by atoms with Gasteiger partial charge in [-0.25, -0.2) is 0 Å². The molecular formula is C11H14BrNO3. The van der Waals surface area contributed by atoms with Crippen LogP contribution in [-0.2, 0) is 6.54 Å². The Morgan fingerprint density at radius 2 is 1.94 bits per heavy atom. The van der Waals surface area contributed by atoms with E-state index in [4.69, 9.17) is 9.47 Å². The van der Waals surface area contributed by atoms with E-state index < -0.39 is 0 Å². The molecule has 0 spiro atoms. The number of amides is 1. The van der Waals surface area contributed by atoms with Gasteiger partial charge in [0.05, 0.1) is 14.2 Å². The van der Waals surface area contributed by atoms with Gasteiger partial charge in [0.15, 0.2) is 11.5 Å². The molecule has 0 saturated heterocycles. The summed E-state index contributed by atoms with van der Waals surface area (Å²) in [4.78, 5) is 12.4. The predicted molar refractivity (Wildman–Crippen MR) is 65.3 cm³/mol. The maximum Gasteiger partial charge on any atom is 0.289 e. The lowest BCUT2D eigenvalue weighted by molar-refractivity contribution is 0.233. The van der Waals surface area contributed by atoms with Gasteiger partial charge in [0, 0.05) is 29.5 Å². The minimum Gasteiger partial charge on any atom is -0.493 e. The van der Waals surface area contributed by atoms with Crippen LogP contribution in [0, 0.1) is 0 Å². The summed E-state index contributed by atoms with van der Waals surface area (Å²) >= 11 is 2.89. The molecule has 1 aromatic rings. The summed E-state index contributed by atoms with van der Waals surface area (Å²) in [6, 6.07) is 5.57. The fourth-order valence-electron chi connectivity index (χ4n) is 1.32. The molecule has 0 fully saturated rings. The van der Waals surface area contributed by atoms with Crippen molar-refractivity contribution in [3.63, 3.8) is 0 Å². The molecule has 4 nitrogen and oxygen atoms in total.